The fraction of sp³-hybridized carbons (Fsp3) is 0.412. The van der Waals surface area contributed by atoms with E-state index in [4.69, 9.17) is 16.3 Å². The highest BCUT2D eigenvalue weighted by molar-refractivity contribution is 6.16. The van der Waals surface area contributed by atoms with Crippen molar-refractivity contribution in [3.8, 4) is 0 Å². The molecular weight excluding hydrogens is 300 g/mol. The second kappa shape index (κ2) is 7.99. The molecule has 0 fully saturated rings. The van der Waals surface area contributed by atoms with E-state index in [9.17, 15) is 4.79 Å². The highest BCUT2D eigenvalue weighted by Crippen LogP contribution is 2.15. The number of methoxy groups -OCH3 is 1. The van der Waals surface area contributed by atoms with Gasteiger partial charge in [0.2, 0.25) is 0 Å². The monoisotopic (exact) mass is 320 g/mol. The number of carbonyl (C=O) groups excluding carboxylic acids is 1. The lowest BCUT2D eigenvalue weighted by Gasteiger charge is -2.11. The molecule has 2 aromatic rings. The van der Waals surface area contributed by atoms with Gasteiger partial charge in [-0.2, -0.15) is 0 Å². The van der Waals surface area contributed by atoms with Crippen molar-refractivity contribution < 1.29 is 9.53 Å². The van der Waals surface area contributed by atoms with Gasteiger partial charge in [0, 0.05) is 19.2 Å². The number of aromatic nitrogens is 2. The second-order valence-corrected chi connectivity index (χ2v) is 5.44. The molecule has 0 spiro atoms. The smallest absolute Gasteiger partial charge is 0.337 e. The van der Waals surface area contributed by atoms with Crippen LogP contribution in [0.15, 0.2) is 30.5 Å². The van der Waals surface area contributed by atoms with Crippen molar-refractivity contribution in [1.29, 1.82) is 0 Å². The maximum atomic E-state index is 11.5. The van der Waals surface area contributed by atoms with Gasteiger partial charge in [0.25, 0.3) is 0 Å². The minimum Gasteiger partial charge on any atom is -0.465 e. The van der Waals surface area contributed by atoms with Crippen LogP contribution in [0.25, 0.3) is 0 Å². The van der Waals surface area contributed by atoms with E-state index in [-0.39, 0.29) is 5.97 Å². The van der Waals surface area contributed by atoms with Crippen LogP contribution in [0.4, 0.5) is 0 Å². The second-order valence-electron chi connectivity index (χ2n) is 5.18. The predicted molar refractivity (Wildman–Crippen MR) is 87.3 cm³/mol. The van der Waals surface area contributed by atoms with E-state index in [0.29, 0.717) is 18.0 Å². The van der Waals surface area contributed by atoms with E-state index >= 15 is 0 Å². The lowest BCUT2D eigenvalue weighted by molar-refractivity contribution is 0.0600. The van der Waals surface area contributed by atoms with Crippen LogP contribution in [0.5, 0.6) is 0 Å². The fourth-order valence-corrected chi connectivity index (χ4v) is 2.55. The van der Waals surface area contributed by atoms with Crippen molar-refractivity contribution in [2.45, 2.75) is 38.6 Å². The van der Waals surface area contributed by atoms with Crippen molar-refractivity contribution in [1.82, 2.24) is 9.55 Å². The van der Waals surface area contributed by atoms with E-state index in [1.807, 2.05) is 18.3 Å². The van der Waals surface area contributed by atoms with Crippen molar-refractivity contribution >= 4 is 17.6 Å². The predicted octanol–water partition coefficient (Wildman–Crippen LogP) is 3.80. The fourth-order valence-electron chi connectivity index (χ4n) is 2.33. The third-order valence-corrected chi connectivity index (χ3v) is 3.90. The SMILES string of the molecule is CCCCc1ncc(CCl)n1Cc1ccc(C(=O)OC)cc1. The Bertz CT molecular complexity index is 620. The average molecular weight is 321 g/mol. The molecule has 1 aromatic heterocycles. The van der Waals surface area contributed by atoms with Crippen LogP contribution in [-0.2, 0) is 23.6 Å². The third-order valence-electron chi connectivity index (χ3n) is 3.63. The van der Waals surface area contributed by atoms with Crippen LogP contribution in [0, 0.1) is 0 Å². The van der Waals surface area contributed by atoms with E-state index in [0.717, 1.165) is 36.3 Å². The molecule has 0 bridgehead atoms. The summed E-state index contributed by atoms with van der Waals surface area (Å²) in [7, 11) is 1.38. The molecule has 0 amide bonds. The molecule has 0 radical (unpaired) electrons. The number of rotatable bonds is 7. The first-order chi connectivity index (χ1) is 10.7. The van der Waals surface area contributed by atoms with Gasteiger partial charge in [0.1, 0.15) is 5.82 Å². The Kier molecular flexibility index (Phi) is 6.01. The lowest BCUT2D eigenvalue weighted by atomic mass is 10.1. The topological polar surface area (TPSA) is 44.1 Å². The van der Waals surface area contributed by atoms with Crippen LogP contribution in [0.2, 0.25) is 0 Å². The summed E-state index contributed by atoms with van der Waals surface area (Å²) >= 11 is 6.01. The van der Waals surface area contributed by atoms with Gasteiger partial charge in [-0.05, 0) is 24.1 Å². The first kappa shape index (κ1) is 16.6. The number of esters is 1. The minimum absolute atomic E-state index is 0.320. The molecule has 0 aliphatic rings. The maximum Gasteiger partial charge on any atom is 0.337 e. The number of ether oxygens (including phenoxy) is 1. The number of alkyl halides is 1. The van der Waals surface area contributed by atoms with Crippen LogP contribution < -0.4 is 0 Å². The zero-order valence-electron chi connectivity index (χ0n) is 13.0. The Hall–Kier alpha value is -1.81. The molecule has 4 nitrogen and oxygen atoms in total. The standard InChI is InChI=1S/C17H21ClN2O2/c1-3-4-5-16-19-11-15(10-18)20(16)12-13-6-8-14(9-7-13)17(21)22-2/h6-9,11H,3-5,10,12H2,1-2H3. The number of benzene rings is 1. The average Bonchev–Trinajstić information content (AvgIpc) is 2.94. The molecule has 0 aliphatic heterocycles. The van der Waals surface area contributed by atoms with Crippen LogP contribution in [0.1, 0.15) is 47.2 Å². The Morgan fingerprint density at radius 1 is 1.32 bits per heavy atom. The van der Waals surface area contributed by atoms with Crippen molar-refractivity contribution in [3.05, 3.63) is 53.1 Å². The van der Waals surface area contributed by atoms with Gasteiger partial charge in [0.05, 0.1) is 24.2 Å². The van der Waals surface area contributed by atoms with Crippen LogP contribution >= 0.6 is 11.6 Å². The summed E-state index contributed by atoms with van der Waals surface area (Å²) in [5.74, 6) is 1.19. The first-order valence-electron chi connectivity index (χ1n) is 7.46. The number of hydrogen-bond donors (Lipinski definition) is 0. The molecule has 1 aromatic carbocycles. The molecule has 5 heteroatoms. The van der Waals surface area contributed by atoms with Crippen molar-refractivity contribution in [3.63, 3.8) is 0 Å². The molecule has 22 heavy (non-hydrogen) atoms. The molecular formula is C17H21ClN2O2. The van der Waals surface area contributed by atoms with Gasteiger partial charge in [-0.1, -0.05) is 25.5 Å². The Morgan fingerprint density at radius 2 is 2.05 bits per heavy atom. The quantitative estimate of drug-likeness (QED) is 0.575. The van der Waals surface area contributed by atoms with E-state index in [1.165, 1.54) is 7.11 Å². The molecule has 0 saturated heterocycles. The zero-order chi connectivity index (χ0) is 15.9. The Morgan fingerprint density at radius 3 is 2.64 bits per heavy atom. The zero-order valence-corrected chi connectivity index (χ0v) is 13.8. The molecule has 0 atom stereocenters. The van der Waals surface area contributed by atoms with Crippen molar-refractivity contribution in [2.24, 2.45) is 0 Å². The maximum absolute atomic E-state index is 11.5. The van der Waals surface area contributed by atoms with Gasteiger partial charge in [-0.25, -0.2) is 9.78 Å². The summed E-state index contributed by atoms with van der Waals surface area (Å²) in [5.41, 5.74) is 2.68. The normalized spacial score (nSPS) is 10.7. The van der Waals surface area contributed by atoms with Gasteiger partial charge in [-0.15, -0.1) is 11.6 Å². The number of aryl methyl sites for hydroxylation is 1. The minimum atomic E-state index is -0.320. The molecule has 118 valence electrons. The third kappa shape index (κ3) is 3.89. The molecule has 1 heterocycles. The van der Waals surface area contributed by atoms with Crippen LogP contribution in [0.3, 0.4) is 0 Å². The largest absolute Gasteiger partial charge is 0.465 e. The number of hydrogen-bond acceptors (Lipinski definition) is 3. The molecule has 0 N–H and O–H groups in total. The number of carbonyl (C=O) groups is 1. The van der Waals surface area contributed by atoms with Crippen LogP contribution in [-0.4, -0.2) is 22.6 Å². The van der Waals surface area contributed by atoms with E-state index < -0.39 is 0 Å². The molecule has 0 unspecified atom stereocenters. The first-order valence-corrected chi connectivity index (χ1v) is 7.99. The lowest BCUT2D eigenvalue weighted by Crippen LogP contribution is -2.09. The summed E-state index contributed by atoms with van der Waals surface area (Å²) in [6, 6.07) is 7.44. The molecule has 2 rings (SSSR count). The number of unbranched alkanes of at least 4 members (excludes halogenated alkanes) is 1. The van der Waals surface area contributed by atoms with Gasteiger partial charge >= 0.3 is 5.97 Å². The summed E-state index contributed by atoms with van der Waals surface area (Å²) in [5, 5.41) is 0. The van der Waals surface area contributed by atoms with Gasteiger partial charge in [0.15, 0.2) is 0 Å². The highest BCUT2D eigenvalue weighted by atomic mass is 35.5. The Labute approximate surface area is 136 Å². The van der Waals surface area contributed by atoms with E-state index in [2.05, 4.69) is 16.5 Å². The van der Waals surface area contributed by atoms with Gasteiger partial charge in [-0.3, -0.25) is 0 Å². The Balaban J connectivity index is 2.18. The summed E-state index contributed by atoms with van der Waals surface area (Å²) < 4.78 is 6.87. The summed E-state index contributed by atoms with van der Waals surface area (Å²) in [4.78, 5) is 15.9. The highest BCUT2D eigenvalue weighted by Gasteiger charge is 2.10. The number of imidazole rings is 1. The summed E-state index contributed by atoms with van der Waals surface area (Å²) in [6.07, 6.45) is 5.05. The molecule has 0 saturated carbocycles. The van der Waals surface area contributed by atoms with Crippen molar-refractivity contribution in [2.75, 3.05) is 7.11 Å². The van der Waals surface area contributed by atoms with Gasteiger partial charge < -0.3 is 9.30 Å². The number of halogens is 1. The molecule has 0 aliphatic carbocycles. The number of nitrogens with zero attached hydrogens (tertiary/aromatic N) is 2. The summed E-state index contributed by atoms with van der Waals surface area (Å²) in [6.45, 7) is 2.88. The van der Waals surface area contributed by atoms with E-state index in [1.54, 1.807) is 12.1 Å².